The van der Waals surface area contributed by atoms with E-state index in [2.05, 4.69) is 5.32 Å². The fourth-order valence-electron chi connectivity index (χ4n) is 5.26. The number of amides is 3. The van der Waals surface area contributed by atoms with E-state index in [4.69, 9.17) is 10.5 Å². The van der Waals surface area contributed by atoms with Gasteiger partial charge in [0.1, 0.15) is 5.75 Å². The maximum atomic E-state index is 12.9. The molecule has 1 fully saturated rings. The number of alkyl halides is 3. The van der Waals surface area contributed by atoms with Crippen LogP contribution in [0.15, 0.2) is 18.2 Å². The molecule has 1 aromatic rings. The number of nitrogens with two attached hydrogens (primary N) is 1. The molecule has 0 bridgehead atoms. The molecule has 7 nitrogen and oxygen atoms in total. The number of rotatable bonds is 8. The summed E-state index contributed by atoms with van der Waals surface area (Å²) < 4.78 is 44.2. The second-order valence-electron chi connectivity index (χ2n) is 8.85. The van der Waals surface area contributed by atoms with Gasteiger partial charge in [0, 0.05) is 24.4 Å². The van der Waals surface area contributed by atoms with Gasteiger partial charge in [-0.3, -0.25) is 15.0 Å². The average Bonchev–Trinajstić information content (AvgIpc) is 2.70. The highest BCUT2D eigenvalue weighted by atomic mass is 19.4. The smallest absolute Gasteiger partial charge is 0.390 e. The van der Waals surface area contributed by atoms with Crippen molar-refractivity contribution < 1.29 is 32.6 Å². The summed E-state index contributed by atoms with van der Waals surface area (Å²) >= 11 is 0. The summed E-state index contributed by atoms with van der Waals surface area (Å²) in [6.07, 6.45) is -4.56. The Hall–Kier alpha value is -2.33. The van der Waals surface area contributed by atoms with Gasteiger partial charge in [0.2, 0.25) is 5.91 Å². The molecular weight excluding hydrogens is 439 g/mol. The van der Waals surface area contributed by atoms with Crippen molar-refractivity contribution in [2.45, 2.75) is 76.1 Å². The molecule has 1 aromatic carbocycles. The number of ether oxygens (including phenoxy) is 1. The highest BCUT2D eigenvalue weighted by Crippen LogP contribution is 2.52. The molecule has 186 valence electrons. The van der Waals surface area contributed by atoms with Crippen molar-refractivity contribution in [1.82, 2.24) is 10.2 Å². The number of primary amides is 1. The average molecular weight is 474 g/mol. The minimum Gasteiger partial charge on any atom is -0.497 e. The summed E-state index contributed by atoms with van der Waals surface area (Å²) in [4.78, 5) is 25.7. The summed E-state index contributed by atoms with van der Waals surface area (Å²) in [5.41, 5.74) is 3.88. The number of likely N-dealkylation sites (tertiary alicyclic amines) is 1. The van der Waals surface area contributed by atoms with Crippen molar-refractivity contribution >= 4 is 11.9 Å². The lowest BCUT2D eigenvalue weighted by Gasteiger charge is -2.58. The van der Waals surface area contributed by atoms with Crippen molar-refractivity contribution in [3.05, 3.63) is 29.3 Å². The number of nitrogens with zero attached hydrogens (tertiary/aromatic N) is 1. The number of imide groups is 1. The maximum Gasteiger partial charge on any atom is 0.390 e. The molecule has 2 rings (SSSR count). The van der Waals surface area contributed by atoms with Crippen LogP contribution in [-0.4, -0.2) is 60.0 Å². The van der Waals surface area contributed by atoms with Crippen LogP contribution in [-0.2, 0) is 10.2 Å². The van der Waals surface area contributed by atoms with Crippen molar-refractivity contribution in [3.63, 3.8) is 0 Å². The standard InChI is InChI=1S/C23H34F3N3O4/c1-5-8-22(32)16(3)29(12-10-23(24,25)26)11-9-21(22,14-19(30)28-20(27)31)18-13-17(33-4)7-6-15(18)2/h6-7,13,16,32H,5,8-12,14H2,1-4H3,(H3,27,28,30,31). The fourth-order valence-corrected chi connectivity index (χ4v) is 5.26. The number of carbonyl (C=O) groups excluding carboxylic acids is 2. The molecule has 1 saturated heterocycles. The number of urea groups is 1. The van der Waals surface area contributed by atoms with Gasteiger partial charge < -0.3 is 15.6 Å². The molecule has 1 heterocycles. The number of piperidine rings is 1. The number of aryl methyl sites for hydroxylation is 1. The minimum absolute atomic E-state index is 0.214. The monoisotopic (exact) mass is 473 g/mol. The maximum absolute atomic E-state index is 12.9. The van der Waals surface area contributed by atoms with Crippen LogP contribution < -0.4 is 15.8 Å². The topological polar surface area (TPSA) is 105 Å². The fraction of sp³-hybridized carbons (Fsp3) is 0.652. The van der Waals surface area contributed by atoms with Crippen LogP contribution >= 0.6 is 0 Å². The van der Waals surface area contributed by atoms with Gasteiger partial charge >= 0.3 is 12.2 Å². The molecule has 3 amide bonds. The number of benzene rings is 1. The molecule has 0 spiro atoms. The molecule has 10 heteroatoms. The van der Waals surface area contributed by atoms with Crippen LogP contribution in [0, 0.1) is 6.92 Å². The number of carbonyl (C=O) groups is 2. The van der Waals surface area contributed by atoms with Crippen LogP contribution in [0.3, 0.4) is 0 Å². The molecule has 33 heavy (non-hydrogen) atoms. The second-order valence-corrected chi connectivity index (χ2v) is 8.85. The van der Waals surface area contributed by atoms with E-state index in [9.17, 15) is 27.9 Å². The van der Waals surface area contributed by atoms with E-state index in [0.29, 0.717) is 17.7 Å². The Morgan fingerprint density at radius 3 is 2.58 bits per heavy atom. The van der Waals surface area contributed by atoms with E-state index in [1.807, 2.05) is 19.9 Å². The lowest BCUT2D eigenvalue weighted by molar-refractivity contribution is -0.166. The van der Waals surface area contributed by atoms with Gasteiger partial charge in [0.05, 0.1) is 19.1 Å². The first-order valence-corrected chi connectivity index (χ1v) is 11.1. The van der Waals surface area contributed by atoms with Gasteiger partial charge in [-0.25, -0.2) is 4.79 Å². The molecule has 0 aliphatic carbocycles. The van der Waals surface area contributed by atoms with Gasteiger partial charge in [-0.05, 0) is 56.5 Å². The van der Waals surface area contributed by atoms with Crippen LogP contribution in [0.4, 0.5) is 18.0 Å². The lowest BCUT2D eigenvalue weighted by Crippen LogP contribution is -2.68. The molecule has 0 radical (unpaired) electrons. The third-order valence-electron chi connectivity index (χ3n) is 6.89. The predicted molar refractivity (Wildman–Crippen MR) is 118 cm³/mol. The Balaban J connectivity index is 2.64. The van der Waals surface area contributed by atoms with Gasteiger partial charge in [-0.1, -0.05) is 19.4 Å². The lowest BCUT2D eigenvalue weighted by atomic mass is 9.56. The van der Waals surface area contributed by atoms with Gasteiger partial charge in [0.15, 0.2) is 0 Å². The van der Waals surface area contributed by atoms with Gasteiger partial charge in [0.25, 0.3) is 0 Å². The summed E-state index contributed by atoms with van der Waals surface area (Å²) in [5.74, 6) is -0.133. The zero-order valence-corrected chi connectivity index (χ0v) is 19.6. The summed E-state index contributed by atoms with van der Waals surface area (Å²) in [6.45, 7) is 5.39. The Labute approximate surface area is 192 Å². The third kappa shape index (κ3) is 5.78. The number of halogens is 3. The van der Waals surface area contributed by atoms with Crippen molar-refractivity contribution in [2.75, 3.05) is 20.2 Å². The molecule has 3 atom stereocenters. The largest absolute Gasteiger partial charge is 0.497 e. The Kier molecular flexibility index (Phi) is 8.40. The van der Waals surface area contributed by atoms with Crippen LogP contribution in [0.2, 0.25) is 0 Å². The highest BCUT2D eigenvalue weighted by Gasteiger charge is 2.59. The summed E-state index contributed by atoms with van der Waals surface area (Å²) in [5, 5.41) is 14.3. The first-order chi connectivity index (χ1) is 15.3. The molecule has 1 aliphatic heterocycles. The van der Waals surface area contributed by atoms with E-state index in [0.717, 1.165) is 5.56 Å². The minimum atomic E-state index is -4.32. The predicted octanol–water partition coefficient (Wildman–Crippen LogP) is 3.40. The summed E-state index contributed by atoms with van der Waals surface area (Å²) in [6, 6.07) is 3.64. The number of hydrogen-bond donors (Lipinski definition) is 3. The Morgan fingerprint density at radius 2 is 2.03 bits per heavy atom. The number of aliphatic hydroxyl groups is 1. The third-order valence-corrected chi connectivity index (χ3v) is 6.89. The zero-order chi connectivity index (χ0) is 25.0. The van der Waals surface area contributed by atoms with Crippen LogP contribution in [0.1, 0.15) is 57.1 Å². The molecule has 3 unspecified atom stereocenters. The van der Waals surface area contributed by atoms with Crippen molar-refractivity contribution in [2.24, 2.45) is 5.73 Å². The van der Waals surface area contributed by atoms with E-state index < -0.39 is 41.6 Å². The van der Waals surface area contributed by atoms with Crippen molar-refractivity contribution in [1.29, 1.82) is 0 Å². The SMILES string of the molecule is CCCC1(O)C(C)N(CCC(F)(F)F)CCC1(CC(=O)NC(N)=O)c1cc(OC)ccc1C. The number of hydrogen-bond acceptors (Lipinski definition) is 5. The van der Waals surface area contributed by atoms with Gasteiger partial charge in [-0.15, -0.1) is 0 Å². The van der Waals surface area contributed by atoms with Crippen molar-refractivity contribution in [3.8, 4) is 5.75 Å². The molecule has 0 saturated carbocycles. The van der Waals surface area contributed by atoms with E-state index >= 15 is 0 Å². The summed E-state index contributed by atoms with van der Waals surface area (Å²) in [7, 11) is 1.50. The van der Waals surface area contributed by atoms with E-state index in [-0.39, 0.29) is 32.4 Å². The van der Waals surface area contributed by atoms with Crippen LogP contribution in [0.5, 0.6) is 5.75 Å². The first kappa shape index (κ1) is 26.9. The molecule has 1 aliphatic rings. The molecule has 0 aromatic heterocycles. The highest BCUT2D eigenvalue weighted by molar-refractivity contribution is 5.94. The van der Waals surface area contributed by atoms with E-state index in [1.54, 1.807) is 24.0 Å². The zero-order valence-electron chi connectivity index (χ0n) is 19.6. The quantitative estimate of drug-likeness (QED) is 0.537. The number of methoxy groups -OCH3 is 1. The Morgan fingerprint density at radius 1 is 1.36 bits per heavy atom. The molecular formula is C23H34F3N3O4. The van der Waals surface area contributed by atoms with Gasteiger partial charge in [-0.2, -0.15) is 13.2 Å². The normalized spacial score (nSPS) is 26.1. The molecule has 4 N–H and O–H groups in total. The van der Waals surface area contributed by atoms with E-state index in [1.165, 1.54) is 7.11 Å². The second kappa shape index (κ2) is 10.3. The number of nitrogens with one attached hydrogen (secondary N) is 1. The van der Waals surface area contributed by atoms with Crippen LogP contribution in [0.25, 0.3) is 0 Å². The first-order valence-electron chi connectivity index (χ1n) is 11.1. The Bertz CT molecular complexity index is 864.